The molecule has 146 valence electrons. The van der Waals surface area contributed by atoms with Gasteiger partial charge in [-0.2, -0.15) is 0 Å². The minimum atomic E-state index is -0.533. The van der Waals surface area contributed by atoms with Crippen molar-refractivity contribution in [3.63, 3.8) is 0 Å². The second-order valence-corrected chi connectivity index (χ2v) is 6.89. The number of amides is 1. The zero-order valence-electron chi connectivity index (χ0n) is 16.5. The maximum Gasteiger partial charge on any atom is 0.267 e. The molecule has 0 unspecified atom stereocenters. The van der Waals surface area contributed by atoms with Crippen molar-refractivity contribution in [1.82, 2.24) is 4.57 Å². The van der Waals surface area contributed by atoms with E-state index in [-0.39, 0.29) is 22.8 Å². The second-order valence-electron chi connectivity index (χ2n) is 6.89. The number of ether oxygens (including phenoxy) is 2. The van der Waals surface area contributed by atoms with Crippen LogP contribution in [0.3, 0.4) is 0 Å². The van der Waals surface area contributed by atoms with Gasteiger partial charge in [-0.25, -0.2) is 0 Å². The van der Waals surface area contributed by atoms with Crippen molar-refractivity contribution in [3.05, 3.63) is 64.4 Å². The molecule has 0 aliphatic heterocycles. The molecule has 3 rings (SSSR count). The van der Waals surface area contributed by atoms with Crippen LogP contribution in [-0.4, -0.2) is 24.7 Å². The average Bonchev–Trinajstić information content (AvgIpc) is 2.69. The number of methoxy groups -OCH3 is 2. The number of rotatable bonds is 6. The van der Waals surface area contributed by atoms with Crippen LogP contribution >= 0.6 is 0 Å². The van der Waals surface area contributed by atoms with Gasteiger partial charge in [-0.05, 0) is 30.2 Å². The number of fused-ring (bicyclic) bond motifs is 1. The van der Waals surface area contributed by atoms with Crippen molar-refractivity contribution in [2.75, 3.05) is 19.5 Å². The summed E-state index contributed by atoms with van der Waals surface area (Å²) in [4.78, 5) is 26.4. The lowest BCUT2D eigenvalue weighted by molar-refractivity contribution is 0.102. The Labute approximate surface area is 163 Å². The third-order valence-corrected chi connectivity index (χ3v) is 4.46. The quantitative estimate of drug-likeness (QED) is 0.704. The summed E-state index contributed by atoms with van der Waals surface area (Å²) in [5.74, 6) is 0.486. The van der Waals surface area contributed by atoms with Gasteiger partial charge in [0.15, 0.2) is 0 Å². The number of hydrogen-bond donors (Lipinski definition) is 1. The van der Waals surface area contributed by atoms with Crippen LogP contribution in [0.15, 0.2) is 53.3 Å². The van der Waals surface area contributed by atoms with E-state index in [0.29, 0.717) is 18.0 Å². The summed E-state index contributed by atoms with van der Waals surface area (Å²) in [6.45, 7) is 4.55. The SMILES string of the molecule is COc1ccccc1NC(=O)c1c(OC)c2ccccc2n(CC(C)C)c1=O. The highest BCUT2D eigenvalue weighted by atomic mass is 16.5. The van der Waals surface area contributed by atoms with Gasteiger partial charge in [0.1, 0.15) is 17.1 Å². The Bertz CT molecular complexity index is 1070. The Morgan fingerprint density at radius 2 is 1.71 bits per heavy atom. The topological polar surface area (TPSA) is 69.6 Å². The van der Waals surface area contributed by atoms with Crippen molar-refractivity contribution < 1.29 is 14.3 Å². The van der Waals surface area contributed by atoms with Crippen molar-refractivity contribution in [2.24, 2.45) is 5.92 Å². The minimum Gasteiger partial charge on any atom is -0.495 e. The predicted octanol–water partition coefficient (Wildman–Crippen LogP) is 3.93. The largest absolute Gasteiger partial charge is 0.495 e. The first kappa shape index (κ1) is 19.5. The Balaban J connectivity index is 2.20. The van der Waals surface area contributed by atoms with Crippen LogP contribution in [0.5, 0.6) is 11.5 Å². The molecule has 1 heterocycles. The Morgan fingerprint density at radius 3 is 2.39 bits per heavy atom. The fourth-order valence-electron chi connectivity index (χ4n) is 3.27. The van der Waals surface area contributed by atoms with E-state index < -0.39 is 5.91 Å². The number of para-hydroxylation sites is 3. The summed E-state index contributed by atoms with van der Waals surface area (Å²) in [6, 6.07) is 14.5. The molecule has 6 nitrogen and oxygen atoms in total. The molecule has 28 heavy (non-hydrogen) atoms. The van der Waals surface area contributed by atoms with Crippen LogP contribution in [-0.2, 0) is 6.54 Å². The van der Waals surface area contributed by atoms with Crippen LogP contribution < -0.4 is 20.3 Å². The standard InChI is InChI=1S/C22H24N2O4/c1-14(2)13-24-17-11-7-5-9-15(17)20(28-4)19(22(24)26)21(25)23-16-10-6-8-12-18(16)27-3/h5-12,14H,13H2,1-4H3,(H,23,25). The predicted molar refractivity (Wildman–Crippen MR) is 111 cm³/mol. The van der Waals surface area contributed by atoms with E-state index in [1.54, 1.807) is 28.8 Å². The van der Waals surface area contributed by atoms with E-state index in [0.717, 1.165) is 10.9 Å². The normalized spacial score (nSPS) is 10.9. The molecule has 0 saturated heterocycles. The molecule has 0 aliphatic carbocycles. The van der Waals surface area contributed by atoms with Crippen molar-refractivity contribution in [2.45, 2.75) is 20.4 Å². The van der Waals surface area contributed by atoms with Crippen LogP contribution in [0.2, 0.25) is 0 Å². The molecule has 6 heteroatoms. The van der Waals surface area contributed by atoms with Gasteiger partial charge >= 0.3 is 0 Å². The number of benzene rings is 2. The molecule has 0 atom stereocenters. The van der Waals surface area contributed by atoms with Gasteiger partial charge in [0.25, 0.3) is 11.5 Å². The first-order valence-corrected chi connectivity index (χ1v) is 9.11. The van der Waals surface area contributed by atoms with E-state index in [1.807, 2.05) is 38.1 Å². The number of carbonyl (C=O) groups excluding carboxylic acids is 1. The maximum atomic E-state index is 13.3. The van der Waals surface area contributed by atoms with Gasteiger partial charge in [-0.3, -0.25) is 9.59 Å². The molecule has 3 aromatic rings. The Kier molecular flexibility index (Phi) is 5.68. The number of hydrogen-bond acceptors (Lipinski definition) is 4. The summed E-state index contributed by atoms with van der Waals surface area (Å²) in [5, 5.41) is 3.50. The molecule has 1 amide bonds. The molecule has 2 aromatic carbocycles. The maximum absolute atomic E-state index is 13.3. The lowest BCUT2D eigenvalue weighted by Gasteiger charge is -2.18. The van der Waals surface area contributed by atoms with E-state index in [4.69, 9.17) is 9.47 Å². The van der Waals surface area contributed by atoms with Crippen LogP contribution in [0, 0.1) is 5.92 Å². The van der Waals surface area contributed by atoms with Crippen molar-refractivity contribution in [1.29, 1.82) is 0 Å². The first-order valence-electron chi connectivity index (χ1n) is 9.11. The van der Waals surface area contributed by atoms with Gasteiger partial charge in [0.05, 0.1) is 25.4 Å². The minimum absolute atomic E-state index is 0.0206. The van der Waals surface area contributed by atoms with Crippen LogP contribution in [0.1, 0.15) is 24.2 Å². The Hall–Kier alpha value is -3.28. The lowest BCUT2D eigenvalue weighted by atomic mass is 10.1. The first-order chi connectivity index (χ1) is 13.5. The third-order valence-electron chi connectivity index (χ3n) is 4.46. The van der Waals surface area contributed by atoms with Gasteiger partial charge in [0, 0.05) is 11.9 Å². The third kappa shape index (κ3) is 3.58. The van der Waals surface area contributed by atoms with Gasteiger partial charge in [-0.15, -0.1) is 0 Å². The van der Waals surface area contributed by atoms with E-state index in [1.165, 1.54) is 14.2 Å². The van der Waals surface area contributed by atoms with Crippen molar-refractivity contribution >= 4 is 22.5 Å². The smallest absolute Gasteiger partial charge is 0.267 e. The van der Waals surface area contributed by atoms with Crippen molar-refractivity contribution in [3.8, 4) is 11.5 Å². The summed E-state index contributed by atoms with van der Waals surface area (Å²) in [6.07, 6.45) is 0. The highest BCUT2D eigenvalue weighted by molar-refractivity contribution is 6.09. The fourth-order valence-corrected chi connectivity index (χ4v) is 3.27. The number of pyridine rings is 1. The van der Waals surface area contributed by atoms with E-state index >= 15 is 0 Å². The number of carbonyl (C=O) groups is 1. The summed E-state index contributed by atoms with van der Waals surface area (Å²) in [7, 11) is 2.99. The summed E-state index contributed by atoms with van der Waals surface area (Å²) >= 11 is 0. The molecule has 0 fully saturated rings. The summed E-state index contributed by atoms with van der Waals surface area (Å²) in [5.41, 5.74) is 0.830. The van der Waals surface area contributed by atoms with E-state index in [9.17, 15) is 9.59 Å². The molecule has 0 spiro atoms. The van der Waals surface area contributed by atoms with Gasteiger partial charge in [-0.1, -0.05) is 38.1 Å². The monoisotopic (exact) mass is 380 g/mol. The molecule has 0 aliphatic rings. The average molecular weight is 380 g/mol. The van der Waals surface area contributed by atoms with Crippen LogP contribution in [0.4, 0.5) is 5.69 Å². The number of aromatic nitrogens is 1. The molecule has 1 aromatic heterocycles. The van der Waals surface area contributed by atoms with Crippen LogP contribution in [0.25, 0.3) is 10.9 Å². The summed E-state index contributed by atoms with van der Waals surface area (Å²) < 4.78 is 12.4. The lowest BCUT2D eigenvalue weighted by Crippen LogP contribution is -2.31. The highest BCUT2D eigenvalue weighted by Crippen LogP contribution is 2.29. The number of nitrogens with one attached hydrogen (secondary N) is 1. The van der Waals surface area contributed by atoms with E-state index in [2.05, 4.69) is 5.32 Å². The molecule has 0 saturated carbocycles. The number of anilines is 1. The van der Waals surface area contributed by atoms with Gasteiger partial charge < -0.3 is 19.4 Å². The highest BCUT2D eigenvalue weighted by Gasteiger charge is 2.24. The molecule has 1 N–H and O–H groups in total. The zero-order chi connectivity index (χ0) is 20.3. The molecular weight excluding hydrogens is 356 g/mol. The number of nitrogens with zero attached hydrogens (tertiary/aromatic N) is 1. The Morgan fingerprint density at radius 1 is 1.04 bits per heavy atom. The zero-order valence-corrected chi connectivity index (χ0v) is 16.5. The molecule has 0 bridgehead atoms. The second kappa shape index (κ2) is 8.17. The van der Waals surface area contributed by atoms with Gasteiger partial charge in [0.2, 0.25) is 0 Å². The molecular formula is C22H24N2O4. The molecule has 0 radical (unpaired) electrons. The fraction of sp³-hybridized carbons (Fsp3) is 0.273.